The molecule has 3 N–H and O–H groups in total. The average molecular weight is 288 g/mol. The Balaban J connectivity index is 2.73. The summed E-state index contributed by atoms with van der Waals surface area (Å²) in [6.07, 6.45) is 8.77. The van der Waals surface area contributed by atoms with E-state index in [1.165, 1.54) is 0 Å². The lowest BCUT2D eigenvalue weighted by atomic mass is 9.84. The van der Waals surface area contributed by atoms with Crippen LogP contribution in [0.4, 0.5) is 0 Å². The van der Waals surface area contributed by atoms with Crippen LogP contribution in [0.25, 0.3) is 6.08 Å². The van der Waals surface area contributed by atoms with Crippen molar-refractivity contribution in [2.45, 2.75) is 12.8 Å². The monoisotopic (exact) mass is 288 g/mol. The van der Waals surface area contributed by atoms with E-state index in [0.29, 0.717) is 12.8 Å². The number of rotatable bonds is 9. The van der Waals surface area contributed by atoms with E-state index < -0.39 is 5.41 Å². The van der Waals surface area contributed by atoms with Gasteiger partial charge in [-0.2, -0.15) is 0 Å². The van der Waals surface area contributed by atoms with Crippen molar-refractivity contribution in [2.75, 3.05) is 19.8 Å². The maximum absolute atomic E-state index is 9.35. The van der Waals surface area contributed by atoms with E-state index in [4.69, 9.17) is 0 Å². The second kappa shape index (κ2) is 9.29. The first-order chi connectivity index (χ1) is 10.2. The summed E-state index contributed by atoms with van der Waals surface area (Å²) in [6, 6.07) is 9.95. The fourth-order valence-corrected chi connectivity index (χ4v) is 1.94. The Morgan fingerprint density at radius 1 is 1.05 bits per heavy atom. The fourth-order valence-electron chi connectivity index (χ4n) is 1.94. The van der Waals surface area contributed by atoms with Gasteiger partial charge in [-0.15, -0.1) is 0 Å². The Kier molecular flexibility index (Phi) is 7.69. The molecule has 0 saturated heterocycles. The number of hydrogen-bond acceptors (Lipinski definition) is 3. The zero-order valence-electron chi connectivity index (χ0n) is 12.3. The molecule has 3 heteroatoms. The van der Waals surface area contributed by atoms with Crippen LogP contribution in [0.15, 0.2) is 60.7 Å². The summed E-state index contributed by atoms with van der Waals surface area (Å²) in [5.74, 6) is 0. The van der Waals surface area contributed by atoms with Crippen LogP contribution in [-0.4, -0.2) is 35.1 Å². The highest BCUT2D eigenvalue weighted by Crippen LogP contribution is 2.25. The van der Waals surface area contributed by atoms with E-state index in [2.05, 4.69) is 6.58 Å². The standard InChI is InChI=1S/C18H24O3/c1-2-6-16(9-10-17-7-4-3-5-8-17)11-12-18(13-19,14-20)15-21/h2-10,19-21H,1,11-15H2. The van der Waals surface area contributed by atoms with Crippen molar-refractivity contribution < 1.29 is 15.3 Å². The fraction of sp³-hybridized carbons (Fsp3) is 0.333. The number of hydrogen-bond donors (Lipinski definition) is 3. The van der Waals surface area contributed by atoms with Gasteiger partial charge in [0.25, 0.3) is 0 Å². The first-order valence-electron chi connectivity index (χ1n) is 7.07. The third kappa shape index (κ3) is 5.68. The first kappa shape index (κ1) is 17.4. The number of aliphatic hydroxyl groups is 3. The van der Waals surface area contributed by atoms with Crippen molar-refractivity contribution in [1.82, 2.24) is 0 Å². The predicted molar refractivity (Wildman–Crippen MR) is 86.7 cm³/mol. The Hall–Kier alpha value is -1.68. The Morgan fingerprint density at radius 3 is 2.19 bits per heavy atom. The lowest BCUT2D eigenvalue weighted by Gasteiger charge is -2.27. The molecular formula is C18H24O3. The largest absolute Gasteiger partial charge is 0.396 e. The molecule has 0 fully saturated rings. The van der Waals surface area contributed by atoms with Crippen molar-refractivity contribution >= 4 is 6.08 Å². The van der Waals surface area contributed by atoms with Crippen LogP contribution in [0.1, 0.15) is 18.4 Å². The van der Waals surface area contributed by atoms with Crippen molar-refractivity contribution in [1.29, 1.82) is 0 Å². The normalized spacial score (nSPS) is 12.8. The minimum atomic E-state index is -0.832. The van der Waals surface area contributed by atoms with E-state index in [1.807, 2.05) is 48.6 Å². The van der Waals surface area contributed by atoms with Gasteiger partial charge in [0.1, 0.15) is 0 Å². The van der Waals surface area contributed by atoms with Crippen LogP contribution in [0.3, 0.4) is 0 Å². The van der Waals surface area contributed by atoms with E-state index in [9.17, 15) is 15.3 Å². The van der Waals surface area contributed by atoms with Gasteiger partial charge in [0, 0.05) is 5.41 Å². The minimum Gasteiger partial charge on any atom is -0.396 e. The molecule has 1 aromatic rings. The molecular weight excluding hydrogens is 264 g/mol. The van der Waals surface area contributed by atoms with E-state index in [1.54, 1.807) is 6.08 Å². The van der Waals surface area contributed by atoms with Gasteiger partial charge in [0.15, 0.2) is 0 Å². The highest BCUT2D eigenvalue weighted by molar-refractivity contribution is 5.52. The number of aliphatic hydroxyl groups excluding tert-OH is 3. The van der Waals surface area contributed by atoms with Gasteiger partial charge in [-0.3, -0.25) is 0 Å². The van der Waals surface area contributed by atoms with Crippen LogP contribution in [0, 0.1) is 5.41 Å². The van der Waals surface area contributed by atoms with Gasteiger partial charge >= 0.3 is 0 Å². The van der Waals surface area contributed by atoms with Gasteiger partial charge in [-0.05, 0) is 24.0 Å². The molecule has 0 spiro atoms. The third-order valence-electron chi connectivity index (χ3n) is 3.57. The molecule has 0 amide bonds. The van der Waals surface area contributed by atoms with Crippen LogP contribution in [-0.2, 0) is 0 Å². The van der Waals surface area contributed by atoms with Gasteiger partial charge < -0.3 is 15.3 Å². The summed E-state index contributed by atoms with van der Waals surface area (Å²) in [7, 11) is 0. The summed E-state index contributed by atoms with van der Waals surface area (Å²) in [4.78, 5) is 0. The molecule has 0 heterocycles. The molecule has 114 valence electrons. The van der Waals surface area contributed by atoms with Gasteiger partial charge in [-0.1, -0.05) is 61.2 Å². The Morgan fingerprint density at radius 2 is 1.67 bits per heavy atom. The maximum Gasteiger partial charge on any atom is 0.0531 e. The second-order valence-electron chi connectivity index (χ2n) is 5.20. The Labute approximate surface area is 126 Å². The molecule has 1 aromatic carbocycles. The molecule has 0 bridgehead atoms. The number of allylic oxidation sites excluding steroid dienone is 4. The molecule has 0 saturated carbocycles. The zero-order valence-corrected chi connectivity index (χ0v) is 12.3. The second-order valence-corrected chi connectivity index (χ2v) is 5.20. The van der Waals surface area contributed by atoms with E-state index in [-0.39, 0.29) is 19.8 Å². The molecule has 1 rings (SSSR count). The van der Waals surface area contributed by atoms with Gasteiger partial charge in [-0.25, -0.2) is 0 Å². The van der Waals surface area contributed by atoms with Crippen molar-refractivity contribution in [3.8, 4) is 0 Å². The molecule has 0 aliphatic rings. The third-order valence-corrected chi connectivity index (χ3v) is 3.57. The lowest BCUT2D eigenvalue weighted by molar-refractivity contribution is -0.000117. The van der Waals surface area contributed by atoms with Crippen LogP contribution >= 0.6 is 0 Å². The minimum absolute atomic E-state index is 0.232. The summed E-state index contributed by atoms with van der Waals surface area (Å²) < 4.78 is 0. The molecule has 21 heavy (non-hydrogen) atoms. The smallest absolute Gasteiger partial charge is 0.0531 e. The summed E-state index contributed by atoms with van der Waals surface area (Å²) in [5.41, 5.74) is 1.31. The van der Waals surface area contributed by atoms with Crippen molar-refractivity contribution in [3.05, 3.63) is 66.3 Å². The molecule has 0 atom stereocenters. The van der Waals surface area contributed by atoms with Crippen LogP contribution < -0.4 is 0 Å². The van der Waals surface area contributed by atoms with Crippen molar-refractivity contribution in [2.24, 2.45) is 5.41 Å². The maximum atomic E-state index is 9.35. The van der Waals surface area contributed by atoms with Crippen LogP contribution in [0.2, 0.25) is 0 Å². The topological polar surface area (TPSA) is 60.7 Å². The quantitative estimate of drug-likeness (QED) is 0.612. The van der Waals surface area contributed by atoms with Gasteiger partial charge in [0.2, 0.25) is 0 Å². The predicted octanol–water partition coefficient (Wildman–Crippen LogP) is 2.56. The number of benzene rings is 1. The summed E-state index contributed by atoms with van der Waals surface area (Å²) >= 11 is 0. The molecule has 0 aromatic heterocycles. The lowest BCUT2D eigenvalue weighted by Crippen LogP contribution is -2.33. The van der Waals surface area contributed by atoms with E-state index in [0.717, 1.165) is 11.1 Å². The van der Waals surface area contributed by atoms with Crippen LogP contribution in [0.5, 0.6) is 0 Å². The zero-order chi connectivity index (χ0) is 15.6. The highest BCUT2D eigenvalue weighted by atomic mass is 16.3. The Bertz CT molecular complexity index is 462. The molecule has 0 aliphatic carbocycles. The molecule has 0 aliphatic heterocycles. The molecule has 3 nitrogen and oxygen atoms in total. The van der Waals surface area contributed by atoms with Gasteiger partial charge in [0.05, 0.1) is 19.8 Å². The summed E-state index contributed by atoms with van der Waals surface area (Å²) in [6.45, 7) is 3.00. The van der Waals surface area contributed by atoms with E-state index >= 15 is 0 Å². The molecule has 0 radical (unpaired) electrons. The average Bonchev–Trinajstić information content (AvgIpc) is 2.55. The summed E-state index contributed by atoms with van der Waals surface area (Å²) in [5, 5.41) is 28.0. The highest BCUT2D eigenvalue weighted by Gasteiger charge is 2.27. The molecule has 0 unspecified atom stereocenters. The first-order valence-corrected chi connectivity index (χ1v) is 7.07. The van der Waals surface area contributed by atoms with Crippen molar-refractivity contribution in [3.63, 3.8) is 0 Å². The SMILES string of the molecule is C=CC=C(C=Cc1ccccc1)CCC(CO)(CO)CO.